The molecule has 1 aromatic rings. The van der Waals surface area contributed by atoms with Crippen molar-refractivity contribution in [3.8, 4) is 0 Å². The lowest BCUT2D eigenvalue weighted by Crippen LogP contribution is -2.45. The number of nitrogens with zero attached hydrogens (tertiary/aromatic N) is 1. The predicted molar refractivity (Wildman–Crippen MR) is 82.9 cm³/mol. The number of carbonyl (C=O) groups excluding carboxylic acids is 1. The zero-order chi connectivity index (χ0) is 14.7. The first-order chi connectivity index (χ1) is 9.49. The van der Waals surface area contributed by atoms with Crippen molar-refractivity contribution in [2.24, 2.45) is 0 Å². The largest absolute Gasteiger partial charge is 0.393 e. The second-order valence-corrected chi connectivity index (χ2v) is 5.02. The molecular formula is C13H19ClN4O3. The molecular weight excluding hydrogens is 296 g/mol. The SMILES string of the molecule is Cc1cc(C(=O)N[C@H]2CCCNC2)c(N)c([N+](=O)[O-])c1.Cl. The molecule has 1 saturated heterocycles. The van der Waals surface area contributed by atoms with E-state index in [2.05, 4.69) is 10.6 Å². The Morgan fingerprint density at radius 2 is 2.24 bits per heavy atom. The van der Waals surface area contributed by atoms with Crippen LogP contribution >= 0.6 is 12.4 Å². The number of piperidine rings is 1. The number of nitrogens with one attached hydrogen (secondary N) is 2. The summed E-state index contributed by atoms with van der Waals surface area (Å²) in [5, 5.41) is 17.0. The topological polar surface area (TPSA) is 110 Å². The van der Waals surface area contributed by atoms with Crippen LogP contribution < -0.4 is 16.4 Å². The average Bonchev–Trinajstić information content (AvgIpc) is 2.41. The number of anilines is 1. The number of nitro groups is 1. The second-order valence-electron chi connectivity index (χ2n) is 5.02. The smallest absolute Gasteiger partial charge is 0.293 e. The highest BCUT2D eigenvalue weighted by Gasteiger charge is 2.23. The molecule has 1 amide bonds. The lowest BCUT2D eigenvalue weighted by atomic mass is 10.0. The van der Waals surface area contributed by atoms with Crippen LogP contribution in [-0.4, -0.2) is 30.0 Å². The van der Waals surface area contributed by atoms with Crippen LogP contribution in [0.1, 0.15) is 28.8 Å². The number of carbonyl (C=O) groups is 1. The van der Waals surface area contributed by atoms with E-state index in [4.69, 9.17) is 5.73 Å². The highest BCUT2D eigenvalue weighted by Crippen LogP contribution is 2.27. The molecule has 116 valence electrons. The third-order valence-electron chi connectivity index (χ3n) is 3.38. The predicted octanol–water partition coefficient (Wildman–Crippen LogP) is 1.39. The molecule has 1 aliphatic rings. The zero-order valence-corrected chi connectivity index (χ0v) is 12.5. The summed E-state index contributed by atoms with van der Waals surface area (Å²) < 4.78 is 0. The monoisotopic (exact) mass is 314 g/mol. The van der Waals surface area contributed by atoms with Crippen molar-refractivity contribution in [3.05, 3.63) is 33.4 Å². The van der Waals surface area contributed by atoms with Gasteiger partial charge in [0.25, 0.3) is 11.6 Å². The fraction of sp³-hybridized carbons (Fsp3) is 0.462. The number of halogens is 1. The number of aryl methyl sites for hydroxylation is 1. The first kappa shape index (κ1) is 17.2. The Kier molecular flexibility index (Phi) is 5.92. The van der Waals surface area contributed by atoms with Crippen molar-refractivity contribution < 1.29 is 9.72 Å². The summed E-state index contributed by atoms with van der Waals surface area (Å²) in [5.74, 6) is -0.358. The zero-order valence-electron chi connectivity index (χ0n) is 11.7. The van der Waals surface area contributed by atoms with Crippen molar-refractivity contribution in [3.63, 3.8) is 0 Å². The van der Waals surface area contributed by atoms with Gasteiger partial charge >= 0.3 is 0 Å². The van der Waals surface area contributed by atoms with Gasteiger partial charge in [-0.15, -0.1) is 12.4 Å². The van der Waals surface area contributed by atoms with E-state index in [9.17, 15) is 14.9 Å². The quantitative estimate of drug-likeness (QED) is 0.443. The van der Waals surface area contributed by atoms with Gasteiger partial charge in [-0.2, -0.15) is 0 Å². The van der Waals surface area contributed by atoms with Gasteiger partial charge in [-0.05, 0) is 37.9 Å². The van der Waals surface area contributed by atoms with Gasteiger partial charge in [0.2, 0.25) is 0 Å². The summed E-state index contributed by atoms with van der Waals surface area (Å²) in [6.45, 7) is 3.36. The van der Waals surface area contributed by atoms with Gasteiger partial charge in [0.05, 0.1) is 10.5 Å². The van der Waals surface area contributed by atoms with Crippen LogP contribution in [0.15, 0.2) is 12.1 Å². The molecule has 0 bridgehead atoms. The molecule has 0 radical (unpaired) electrons. The van der Waals surface area contributed by atoms with E-state index in [1.807, 2.05) is 0 Å². The summed E-state index contributed by atoms with van der Waals surface area (Å²) in [6.07, 6.45) is 1.89. The summed E-state index contributed by atoms with van der Waals surface area (Å²) >= 11 is 0. The molecule has 8 heteroatoms. The molecule has 1 heterocycles. The van der Waals surface area contributed by atoms with Gasteiger partial charge < -0.3 is 16.4 Å². The normalized spacial score (nSPS) is 17.7. The lowest BCUT2D eigenvalue weighted by Gasteiger charge is -2.24. The molecule has 1 aliphatic heterocycles. The number of hydrogen-bond acceptors (Lipinski definition) is 5. The number of amides is 1. The molecule has 21 heavy (non-hydrogen) atoms. The van der Waals surface area contributed by atoms with Crippen LogP contribution in [0.5, 0.6) is 0 Å². The maximum Gasteiger partial charge on any atom is 0.293 e. The third kappa shape index (κ3) is 4.05. The fourth-order valence-electron chi connectivity index (χ4n) is 2.36. The number of nitrogen functional groups attached to an aromatic ring is 1. The number of hydrogen-bond donors (Lipinski definition) is 3. The average molecular weight is 315 g/mol. The van der Waals surface area contributed by atoms with Crippen LogP contribution in [0.3, 0.4) is 0 Å². The van der Waals surface area contributed by atoms with Crippen molar-refractivity contribution in [1.82, 2.24) is 10.6 Å². The molecule has 1 fully saturated rings. The van der Waals surface area contributed by atoms with E-state index in [1.54, 1.807) is 13.0 Å². The lowest BCUT2D eigenvalue weighted by molar-refractivity contribution is -0.384. The molecule has 7 nitrogen and oxygen atoms in total. The molecule has 0 spiro atoms. The van der Waals surface area contributed by atoms with Gasteiger partial charge in [0.1, 0.15) is 5.69 Å². The molecule has 0 aromatic heterocycles. The van der Waals surface area contributed by atoms with E-state index in [0.717, 1.165) is 19.4 Å². The van der Waals surface area contributed by atoms with Crippen molar-refractivity contribution in [2.75, 3.05) is 18.8 Å². The van der Waals surface area contributed by atoms with Crippen LogP contribution in [-0.2, 0) is 0 Å². The summed E-state index contributed by atoms with van der Waals surface area (Å²) in [4.78, 5) is 22.6. The number of nitro benzene ring substituents is 1. The van der Waals surface area contributed by atoms with Crippen LogP contribution in [0.2, 0.25) is 0 Å². The van der Waals surface area contributed by atoms with E-state index < -0.39 is 4.92 Å². The molecule has 0 unspecified atom stereocenters. The summed E-state index contributed by atoms with van der Waals surface area (Å²) in [5.41, 5.74) is 6.24. The first-order valence-corrected chi connectivity index (χ1v) is 6.55. The van der Waals surface area contributed by atoms with Gasteiger partial charge in [-0.3, -0.25) is 14.9 Å². The van der Waals surface area contributed by atoms with Crippen molar-refractivity contribution in [1.29, 1.82) is 0 Å². The summed E-state index contributed by atoms with van der Waals surface area (Å²) in [7, 11) is 0. The molecule has 0 saturated carbocycles. The Balaban J connectivity index is 0.00000220. The highest BCUT2D eigenvalue weighted by molar-refractivity contribution is 6.01. The second kappa shape index (κ2) is 7.24. The minimum absolute atomic E-state index is 0. The van der Waals surface area contributed by atoms with E-state index in [1.165, 1.54) is 6.07 Å². The van der Waals surface area contributed by atoms with Crippen molar-refractivity contribution in [2.45, 2.75) is 25.8 Å². The maximum absolute atomic E-state index is 12.2. The fourth-order valence-corrected chi connectivity index (χ4v) is 2.36. The third-order valence-corrected chi connectivity index (χ3v) is 3.38. The first-order valence-electron chi connectivity index (χ1n) is 6.55. The summed E-state index contributed by atoms with van der Waals surface area (Å²) in [6, 6.07) is 2.98. The molecule has 2 rings (SSSR count). The van der Waals surface area contributed by atoms with Crippen LogP contribution in [0, 0.1) is 17.0 Å². The minimum Gasteiger partial charge on any atom is -0.393 e. The Labute approximate surface area is 128 Å². The van der Waals surface area contributed by atoms with Gasteiger partial charge in [0, 0.05) is 18.7 Å². The minimum atomic E-state index is -0.568. The van der Waals surface area contributed by atoms with E-state index in [0.29, 0.717) is 12.1 Å². The molecule has 1 atom stereocenters. The Morgan fingerprint density at radius 3 is 2.81 bits per heavy atom. The standard InChI is InChI=1S/C13H18N4O3.ClH/c1-8-5-10(12(14)11(6-8)17(19)20)13(18)16-9-3-2-4-15-7-9;/h5-6,9,15H,2-4,7,14H2,1H3,(H,16,18);1H/t9-;/m0./s1. The van der Waals surface area contributed by atoms with Crippen molar-refractivity contribution >= 4 is 29.7 Å². The molecule has 4 N–H and O–H groups in total. The van der Waals surface area contributed by atoms with E-state index >= 15 is 0 Å². The maximum atomic E-state index is 12.2. The van der Waals surface area contributed by atoms with Gasteiger partial charge in [-0.1, -0.05) is 0 Å². The van der Waals surface area contributed by atoms with E-state index in [-0.39, 0.29) is 41.3 Å². The molecule has 1 aromatic carbocycles. The number of rotatable bonds is 3. The van der Waals surface area contributed by atoms with Gasteiger partial charge in [0.15, 0.2) is 0 Å². The Bertz CT molecular complexity index is 544. The Morgan fingerprint density at radius 1 is 1.52 bits per heavy atom. The van der Waals surface area contributed by atoms with Gasteiger partial charge in [-0.25, -0.2) is 0 Å². The molecule has 0 aliphatic carbocycles. The number of benzene rings is 1. The van der Waals surface area contributed by atoms with Crippen LogP contribution in [0.4, 0.5) is 11.4 Å². The Hall–Kier alpha value is -1.86. The number of nitrogens with two attached hydrogens (primary N) is 1. The highest BCUT2D eigenvalue weighted by atomic mass is 35.5. The van der Waals surface area contributed by atoms with Crippen LogP contribution in [0.25, 0.3) is 0 Å².